The van der Waals surface area contributed by atoms with Gasteiger partial charge in [-0.15, -0.1) is 0 Å². The number of unbranched alkanes of at least 4 members (excludes halogenated alkanes) is 1. The van der Waals surface area contributed by atoms with Gasteiger partial charge in [0, 0.05) is 12.8 Å². The molecule has 0 heterocycles. The van der Waals surface area contributed by atoms with Crippen LogP contribution in [-0.4, -0.2) is 19.4 Å². The van der Waals surface area contributed by atoms with Crippen molar-refractivity contribution in [1.82, 2.24) is 5.32 Å². The molecule has 2 heteroatoms. The normalized spacial score (nSPS) is 11.9. The molecule has 0 bridgehead atoms. The van der Waals surface area contributed by atoms with E-state index in [0.29, 0.717) is 18.6 Å². The third-order valence-electron chi connectivity index (χ3n) is 4.98. The molecule has 1 N–H and O–H groups in total. The van der Waals surface area contributed by atoms with Gasteiger partial charge in [-0.3, -0.25) is 4.79 Å². The first-order chi connectivity index (χ1) is 12.7. The van der Waals surface area contributed by atoms with E-state index in [1.807, 2.05) is 19.2 Å². The second-order valence-corrected chi connectivity index (χ2v) is 6.96. The van der Waals surface area contributed by atoms with Gasteiger partial charge in [-0.25, -0.2) is 0 Å². The third kappa shape index (κ3) is 5.96. The maximum Gasteiger partial charge on any atom is 0.133 e. The number of hydrogen-bond acceptors (Lipinski definition) is 2. The van der Waals surface area contributed by atoms with E-state index in [0.717, 1.165) is 31.4 Å². The van der Waals surface area contributed by atoms with Crippen LogP contribution in [0.25, 0.3) is 6.08 Å². The lowest BCUT2D eigenvalue weighted by atomic mass is 9.84. The molecule has 1 atom stereocenters. The minimum Gasteiger partial charge on any atom is -0.320 e. The van der Waals surface area contributed by atoms with Crippen LogP contribution in [0.5, 0.6) is 0 Å². The Kier molecular flexibility index (Phi) is 8.30. The molecule has 0 radical (unpaired) electrons. The zero-order valence-corrected chi connectivity index (χ0v) is 16.1. The van der Waals surface area contributed by atoms with E-state index < -0.39 is 0 Å². The fraction of sp³-hybridized carbons (Fsp3) is 0.375. The molecule has 2 rings (SSSR count). The third-order valence-corrected chi connectivity index (χ3v) is 4.98. The van der Waals surface area contributed by atoms with E-state index in [4.69, 9.17) is 0 Å². The minimum absolute atomic E-state index is 0.217. The summed E-state index contributed by atoms with van der Waals surface area (Å²) in [5.74, 6) is 0.583. The van der Waals surface area contributed by atoms with Crippen molar-refractivity contribution in [2.24, 2.45) is 0 Å². The van der Waals surface area contributed by atoms with Gasteiger partial charge in [0.05, 0.1) is 0 Å². The lowest BCUT2D eigenvalue weighted by Gasteiger charge is -2.20. The van der Waals surface area contributed by atoms with Gasteiger partial charge in [-0.05, 0) is 68.0 Å². The Labute approximate surface area is 158 Å². The fourth-order valence-corrected chi connectivity index (χ4v) is 3.52. The Morgan fingerprint density at radius 1 is 1.12 bits per heavy atom. The van der Waals surface area contributed by atoms with Crippen molar-refractivity contribution in [3.05, 3.63) is 77.4 Å². The summed E-state index contributed by atoms with van der Waals surface area (Å²) in [5.41, 5.74) is 4.97. The van der Waals surface area contributed by atoms with E-state index in [2.05, 4.69) is 61.3 Å². The zero-order chi connectivity index (χ0) is 18.8. The molecule has 0 amide bonds. The largest absolute Gasteiger partial charge is 0.320 e. The summed E-state index contributed by atoms with van der Waals surface area (Å²) in [6, 6.07) is 16.8. The number of aryl methyl sites for hydroxylation is 1. The van der Waals surface area contributed by atoms with Gasteiger partial charge in [-0.1, -0.05) is 61.2 Å². The lowest BCUT2D eigenvalue weighted by molar-refractivity contribution is -0.119. The van der Waals surface area contributed by atoms with Crippen molar-refractivity contribution in [1.29, 1.82) is 0 Å². The summed E-state index contributed by atoms with van der Waals surface area (Å²) in [6.07, 6.45) is 6.07. The van der Waals surface area contributed by atoms with Crippen LogP contribution < -0.4 is 5.32 Å². The van der Waals surface area contributed by atoms with E-state index >= 15 is 0 Å². The van der Waals surface area contributed by atoms with Crippen LogP contribution in [-0.2, 0) is 11.2 Å². The Balaban J connectivity index is 2.16. The Bertz CT molecular complexity index is 720. The predicted octanol–water partition coefficient (Wildman–Crippen LogP) is 5.31. The van der Waals surface area contributed by atoms with Gasteiger partial charge in [0.2, 0.25) is 0 Å². The summed E-state index contributed by atoms with van der Waals surface area (Å²) < 4.78 is 0. The van der Waals surface area contributed by atoms with Crippen molar-refractivity contribution in [3.8, 4) is 0 Å². The predicted molar refractivity (Wildman–Crippen MR) is 112 cm³/mol. The Morgan fingerprint density at radius 3 is 2.58 bits per heavy atom. The minimum atomic E-state index is 0.217. The van der Waals surface area contributed by atoms with Crippen LogP contribution in [0.4, 0.5) is 0 Å². The van der Waals surface area contributed by atoms with Gasteiger partial charge in [0.15, 0.2) is 0 Å². The Morgan fingerprint density at radius 2 is 1.85 bits per heavy atom. The number of benzene rings is 2. The second kappa shape index (κ2) is 10.7. The molecule has 0 aromatic heterocycles. The topological polar surface area (TPSA) is 29.1 Å². The molecule has 0 aliphatic rings. The number of hydrogen-bond donors (Lipinski definition) is 1. The van der Waals surface area contributed by atoms with Crippen LogP contribution in [0, 0.1) is 6.92 Å². The lowest BCUT2D eigenvalue weighted by Crippen LogP contribution is -2.13. The molecule has 0 saturated carbocycles. The number of nitrogens with one attached hydrogen (secondary N) is 1. The molecule has 2 nitrogen and oxygen atoms in total. The molecule has 0 aliphatic heterocycles. The fourth-order valence-electron chi connectivity index (χ4n) is 3.52. The second-order valence-electron chi connectivity index (χ2n) is 6.96. The first-order valence-corrected chi connectivity index (χ1v) is 9.58. The van der Waals surface area contributed by atoms with E-state index in [9.17, 15) is 4.79 Å². The van der Waals surface area contributed by atoms with Crippen LogP contribution in [0.3, 0.4) is 0 Å². The van der Waals surface area contributed by atoms with Crippen LogP contribution >= 0.6 is 0 Å². The summed E-state index contributed by atoms with van der Waals surface area (Å²) in [5, 5.41) is 3.14. The smallest absolute Gasteiger partial charge is 0.133 e. The van der Waals surface area contributed by atoms with E-state index in [-0.39, 0.29) is 5.92 Å². The molecule has 0 aliphatic carbocycles. The van der Waals surface area contributed by atoms with Crippen molar-refractivity contribution >= 4 is 11.9 Å². The Hall–Kier alpha value is -2.19. The van der Waals surface area contributed by atoms with Gasteiger partial charge in [-0.2, -0.15) is 0 Å². The summed E-state index contributed by atoms with van der Waals surface area (Å²) in [6.45, 7) is 7.05. The van der Waals surface area contributed by atoms with Gasteiger partial charge < -0.3 is 5.32 Å². The molecule has 138 valence electrons. The standard InChI is InChI=1S/C24H31NO/c1-4-20-12-6-7-13-21(20)17-22(24-15-8-5-11-19(24)2)18-23(26)14-9-10-16-25-3/h4-8,11-13,15,22,25H,1,9-10,14,16-18H2,2-3H3. The number of ketones is 1. The van der Waals surface area contributed by atoms with Gasteiger partial charge >= 0.3 is 0 Å². The molecular weight excluding hydrogens is 318 g/mol. The molecule has 2 aromatic rings. The quantitative estimate of drug-likeness (QED) is 0.557. The summed E-state index contributed by atoms with van der Waals surface area (Å²) in [7, 11) is 1.95. The van der Waals surface area contributed by atoms with Crippen molar-refractivity contribution in [3.63, 3.8) is 0 Å². The van der Waals surface area contributed by atoms with Crippen molar-refractivity contribution in [2.45, 2.75) is 44.9 Å². The average molecular weight is 350 g/mol. The van der Waals surface area contributed by atoms with Crippen LogP contribution in [0.2, 0.25) is 0 Å². The monoisotopic (exact) mass is 349 g/mol. The first-order valence-electron chi connectivity index (χ1n) is 9.58. The number of carbonyl (C=O) groups excluding carboxylic acids is 1. The van der Waals surface area contributed by atoms with E-state index in [1.54, 1.807) is 0 Å². The van der Waals surface area contributed by atoms with Crippen LogP contribution in [0.15, 0.2) is 55.1 Å². The molecule has 2 aromatic carbocycles. The molecule has 1 unspecified atom stereocenters. The van der Waals surface area contributed by atoms with Gasteiger partial charge in [0.25, 0.3) is 0 Å². The highest BCUT2D eigenvalue weighted by molar-refractivity contribution is 5.79. The van der Waals surface area contributed by atoms with Crippen LogP contribution in [0.1, 0.15) is 53.9 Å². The summed E-state index contributed by atoms with van der Waals surface area (Å²) in [4.78, 5) is 12.6. The molecule has 0 spiro atoms. The molecule has 0 fully saturated rings. The molecule has 0 saturated heterocycles. The highest BCUT2D eigenvalue weighted by Crippen LogP contribution is 2.29. The first kappa shape index (κ1) is 20.1. The zero-order valence-electron chi connectivity index (χ0n) is 16.1. The maximum atomic E-state index is 12.6. The molecular formula is C24H31NO. The number of Topliss-reactive ketones (excluding diaryl/α,β-unsaturated/α-hetero) is 1. The van der Waals surface area contributed by atoms with Crippen molar-refractivity contribution < 1.29 is 4.79 Å². The summed E-state index contributed by atoms with van der Waals surface area (Å²) >= 11 is 0. The average Bonchev–Trinajstić information content (AvgIpc) is 2.65. The highest BCUT2D eigenvalue weighted by Gasteiger charge is 2.19. The van der Waals surface area contributed by atoms with E-state index in [1.165, 1.54) is 16.7 Å². The highest BCUT2D eigenvalue weighted by atomic mass is 16.1. The SMILES string of the molecule is C=Cc1ccccc1CC(CC(=O)CCCCNC)c1ccccc1C. The van der Waals surface area contributed by atoms with Crippen molar-refractivity contribution in [2.75, 3.05) is 13.6 Å². The van der Waals surface area contributed by atoms with Gasteiger partial charge in [0.1, 0.15) is 5.78 Å². The number of rotatable bonds is 11. The molecule has 26 heavy (non-hydrogen) atoms. The maximum absolute atomic E-state index is 12.6. The number of carbonyl (C=O) groups is 1.